The van der Waals surface area contributed by atoms with Crippen LogP contribution in [0.4, 0.5) is 5.69 Å². The molecule has 1 aromatic carbocycles. The lowest BCUT2D eigenvalue weighted by Gasteiger charge is -2.13. The van der Waals surface area contributed by atoms with E-state index in [9.17, 15) is 13.2 Å². The first-order chi connectivity index (χ1) is 8.21. The number of hydrogen-bond acceptors (Lipinski definition) is 4. The monoisotopic (exact) mass is 269 g/mol. The second-order valence-electron chi connectivity index (χ2n) is 4.81. The van der Waals surface area contributed by atoms with E-state index < -0.39 is 9.84 Å². The van der Waals surface area contributed by atoms with Gasteiger partial charge in [-0.05, 0) is 31.0 Å². The molecular weight excluding hydrogens is 250 g/mol. The summed E-state index contributed by atoms with van der Waals surface area (Å²) in [5, 5.41) is 3.08. The lowest BCUT2D eigenvalue weighted by Crippen LogP contribution is -2.12. The van der Waals surface area contributed by atoms with Crippen LogP contribution in [0.2, 0.25) is 0 Å². The first kappa shape index (κ1) is 14.7. The van der Waals surface area contributed by atoms with E-state index in [1.807, 2.05) is 13.8 Å². The minimum absolute atomic E-state index is 0.0809. The number of carbonyl (C=O) groups excluding carboxylic acids is 1. The molecule has 0 bridgehead atoms. The Morgan fingerprint density at radius 2 is 1.94 bits per heavy atom. The summed E-state index contributed by atoms with van der Waals surface area (Å²) in [5.74, 6) is 0.307. The molecule has 18 heavy (non-hydrogen) atoms. The SMILES string of the molecule is CC(=O)c1ccc(S(C)(=O)=O)c(NCC(C)C)c1. The Balaban J connectivity index is 3.23. The third-order valence-corrected chi connectivity index (χ3v) is 3.64. The fourth-order valence-corrected chi connectivity index (χ4v) is 2.37. The van der Waals surface area contributed by atoms with E-state index in [-0.39, 0.29) is 10.7 Å². The summed E-state index contributed by atoms with van der Waals surface area (Å²) in [6.45, 7) is 6.18. The standard InChI is InChI=1S/C13H19NO3S/c1-9(2)8-14-12-7-11(10(3)15)5-6-13(12)18(4,16)17/h5-7,9,14H,8H2,1-4H3. The third-order valence-electron chi connectivity index (χ3n) is 2.49. The summed E-state index contributed by atoms with van der Waals surface area (Å²) in [7, 11) is -3.30. The first-order valence-corrected chi connectivity index (χ1v) is 7.70. The van der Waals surface area contributed by atoms with Gasteiger partial charge in [0.15, 0.2) is 15.6 Å². The highest BCUT2D eigenvalue weighted by Crippen LogP contribution is 2.23. The van der Waals surface area contributed by atoms with Crippen molar-refractivity contribution in [2.24, 2.45) is 5.92 Å². The lowest BCUT2D eigenvalue weighted by atomic mass is 10.1. The highest BCUT2D eigenvalue weighted by Gasteiger charge is 2.15. The van der Waals surface area contributed by atoms with E-state index in [1.54, 1.807) is 12.1 Å². The van der Waals surface area contributed by atoms with Crippen LogP contribution in [-0.2, 0) is 9.84 Å². The van der Waals surface area contributed by atoms with E-state index in [1.165, 1.54) is 13.0 Å². The van der Waals surface area contributed by atoms with Gasteiger partial charge in [-0.15, -0.1) is 0 Å². The summed E-state index contributed by atoms with van der Waals surface area (Å²) >= 11 is 0. The molecule has 5 heteroatoms. The van der Waals surface area contributed by atoms with Crippen molar-refractivity contribution in [3.05, 3.63) is 23.8 Å². The normalized spacial score (nSPS) is 11.6. The van der Waals surface area contributed by atoms with Crippen LogP contribution in [0, 0.1) is 5.92 Å². The minimum atomic E-state index is -3.30. The second kappa shape index (κ2) is 5.52. The van der Waals surface area contributed by atoms with Crippen molar-refractivity contribution in [2.45, 2.75) is 25.7 Å². The Morgan fingerprint density at radius 3 is 2.39 bits per heavy atom. The van der Waals surface area contributed by atoms with E-state index in [2.05, 4.69) is 5.32 Å². The zero-order valence-corrected chi connectivity index (χ0v) is 12.0. The quantitative estimate of drug-likeness (QED) is 0.833. The maximum Gasteiger partial charge on any atom is 0.177 e. The zero-order valence-electron chi connectivity index (χ0n) is 11.1. The number of ketones is 1. The number of sulfone groups is 1. The highest BCUT2D eigenvalue weighted by molar-refractivity contribution is 7.90. The van der Waals surface area contributed by atoms with Crippen LogP contribution in [0.25, 0.3) is 0 Å². The van der Waals surface area contributed by atoms with Gasteiger partial charge >= 0.3 is 0 Å². The van der Waals surface area contributed by atoms with Crippen LogP contribution in [0.15, 0.2) is 23.1 Å². The van der Waals surface area contributed by atoms with Gasteiger partial charge < -0.3 is 5.32 Å². The third kappa shape index (κ3) is 3.84. The van der Waals surface area contributed by atoms with E-state index in [4.69, 9.17) is 0 Å². The second-order valence-corrected chi connectivity index (χ2v) is 6.80. The van der Waals surface area contributed by atoms with Gasteiger partial charge in [0.1, 0.15) is 0 Å². The van der Waals surface area contributed by atoms with Crippen molar-refractivity contribution in [3.63, 3.8) is 0 Å². The molecule has 1 N–H and O–H groups in total. The number of benzene rings is 1. The number of nitrogens with one attached hydrogen (secondary N) is 1. The number of rotatable bonds is 5. The van der Waals surface area contributed by atoms with Crippen molar-refractivity contribution < 1.29 is 13.2 Å². The maximum atomic E-state index is 11.7. The Labute approximate surface area is 108 Å². The van der Waals surface area contributed by atoms with Gasteiger partial charge in [0.2, 0.25) is 0 Å². The van der Waals surface area contributed by atoms with Gasteiger partial charge in [-0.1, -0.05) is 13.8 Å². The topological polar surface area (TPSA) is 63.2 Å². The molecule has 1 rings (SSSR count). The molecule has 0 radical (unpaired) electrons. The molecule has 0 heterocycles. The molecule has 0 saturated heterocycles. The Hall–Kier alpha value is -1.36. The van der Waals surface area contributed by atoms with Gasteiger partial charge in [-0.2, -0.15) is 0 Å². The molecule has 0 aliphatic carbocycles. The summed E-state index contributed by atoms with van der Waals surface area (Å²) in [6, 6.07) is 4.62. The van der Waals surface area contributed by atoms with Crippen LogP contribution in [-0.4, -0.2) is 27.0 Å². The predicted octanol–water partition coefficient (Wildman–Crippen LogP) is 2.36. The van der Waals surface area contributed by atoms with Crippen molar-refractivity contribution in [1.29, 1.82) is 0 Å². The first-order valence-electron chi connectivity index (χ1n) is 5.80. The largest absolute Gasteiger partial charge is 0.384 e. The molecule has 0 saturated carbocycles. The van der Waals surface area contributed by atoms with Gasteiger partial charge in [0.25, 0.3) is 0 Å². The van der Waals surface area contributed by atoms with Gasteiger partial charge in [-0.3, -0.25) is 4.79 Å². The summed E-state index contributed by atoms with van der Waals surface area (Å²) < 4.78 is 23.3. The number of anilines is 1. The number of hydrogen-bond donors (Lipinski definition) is 1. The molecule has 0 spiro atoms. The molecule has 0 atom stereocenters. The van der Waals surface area contributed by atoms with Crippen LogP contribution >= 0.6 is 0 Å². The van der Waals surface area contributed by atoms with Crippen molar-refractivity contribution in [1.82, 2.24) is 0 Å². The van der Waals surface area contributed by atoms with Gasteiger partial charge in [-0.25, -0.2) is 8.42 Å². The van der Waals surface area contributed by atoms with E-state index in [0.29, 0.717) is 23.7 Å². The molecule has 0 aliphatic heterocycles. The molecule has 1 aromatic rings. The molecule has 0 fully saturated rings. The summed E-state index contributed by atoms with van der Waals surface area (Å²) in [6.07, 6.45) is 1.16. The number of Topliss-reactive ketones (excluding diaryl/α,β-unsaturated/α-hetero) is 1. The average Bonchev–Trinajstić information content (AvgIpc) is 2.24. The fraction of sp³-hybridized carbons (Fsp3) is 0.462. The number of carbonyl (C=O) groups is 1. The van der Waals surface area contributed by atoms with Crippen molar-refractivity contribution >= 4 is 21.3 Å². The van der Waals surface area contributed by atoms with Gasteiger partial charge in [0.05, 0.1) is 10.6 Å². The zero-order chi connectivity index (χ0) is 13.9. The lowest BCUT2D eigenvalue weighted by molar-refractivity contribution is 0.101. The average molecular weight is 269 g/mol. The van der Waals surface area contributed by atoms with Crippen LogP contribution < -0.4 is 5.32 Å². The maximum absolute atomic E-state index is 11.7. The van der Waals surface area contributed by atoms with Crippen LogP contribution in [0.1, 0.15) is 31.1 Å². The van der Waals surface area contributed by atoms with Crippen LogP contribution in [0.5, 0.6) is 0 Å². The van der Waals surface area contributed by atoms with E-state index >= 15 is 0 Å². The molecule has 0 amide bonds. The van der Waals surface area contributed by atoms with Crippen molar-refractivity contribution in [2.75, 3.05) is 18.1 Å². The summed E-state index contributed by atoms with van der Waals surface area (Å²) in [5.41, 5.74) is 1.01. The Morgan fingerprint density at radius 1 is 1.33 bits per heavy atom. The molecule has 0 unspecified atom stereocenters. The fourth-order valence-electron chi connectivity index (χ4n) is 1.52. The highest BCUT2D eigenvalue weighted by atomic mass is 32.2. The Bertz CT molecular complexity index is 547. The minimum Gasteiger partial charge on any atom is -0.384 e. The molecule has 4 nitrogen and oxygen atoms in total. The van der Waals surface area contributed by atoms with Crippen molar-refractivity contribution in [3.8, 4) is 0 Å². The smallest absolute Gasteiger partial charge is 0.177 e. The molecule has 100 valence electrons. The predicted molar refractivity (Wildman–Crippen MR) is 72.9 cm³/mol. The van der Waals surface area contributed by atoms with E-state index in [0.717, 1.165) is 6.26 Å². The molecular formula is C13H19NO3S. The van der Waals surface area contributed by atoms with Gasteiger partial charge in [0, 0.05) is 18.4 Å². The summed E-state index contributed by atoms with van der Waals surface area (Å²) in [4.78, 5) is 11.5. The Kier molecular flexibility index (Phi) is 4.51. The van der Waals surface area contributed by atoms with Crippen LogP contribution in [0.3, 0.4) is 0 Å². The molecule has 0 aliphatic rings. The molecule has 0 aromatic heterocycles.